The Hall–Kier alpha value is -0.340. The molecular formula is C14H24O2. The Balaban J connectivity index is 2.50. The minimum absolute atomic E-state index is 0.0891. The predicted molar refractivity (Wildman–Crippen MR) is 65.0 cm³/mol. The quantitative estimate of drug-likeness (QED) is 0.720. The second-order valence-corrected chi connectivity index (χ2v) is 5.51. The first-order valence-electron chi connectivity index (χ1n) is 6.60. The van der Waals surface area contributed by atoms with Crippen LogP contribution in [0, 0.1) is 22.7 Å². The zero-order valence-corrected chi connectivity index (χ0v) is 10.4. The van der Waals surface area contributed by atoms with E-state index in [1.807, 2.05) is 0 Å². The van der Waals surface area contributed by atoms with Gasteiger partial charge < -0.3 is 10.2 Å². The zero-order valence-electron chi connectivity index (χ0n) is 10.4. The molecule has 3 aliphatic rings. The van der Waals surface area contributed by atoms with E-state index in [9.17, 15) is 10.2 Å². The molecule has 2 bridgehead atoms. The van der Waals surface area contributed by atoms with Crippen LogP contribution in [0.25, 0.3) is 0 Å². The minimum Gasteiger partial charge on any atom is -0.396 e. The van der Waals surface area contributed by atoms with Crippen molar-refractivity contribution in [2.75, 3.05) is 13.2 Å². The van der Waals surface area contributed by atoms with E-state index in [4.69, 9.17) is 0 Å². The van der Waals surface area contributed by atoms with E-state index in [-0.39, 0.29) is 24.0 Å². The van der Waals surface area contributed by atoms with Gasteiger partial charge >= 0.3 is 0 Å². The summed E-state index contributed by atoms with van der Waals surface area (Å²) in [5, 5.41) is 19.8. The largest absolute Gasteiger partial charge is 0.396 e. The number of hydrogen-bond acceptors (Lipinski definition) is 2. The van der Waals surface area contributed by atoms with Crippen molar-refractivity contribution in [2.45, 2.75) is 39.5 Å². The minimum atomic E-state index is -0.0891. The van der Waals surface area contributed by atoms with Crippen LogP contribution in [0.3, 0.4) is 0 Å². The summed E-state index contributed by atoms with van der Waals surface area (Å²) in [4.78, 5) is 0. The Bertz CT molecular complexity index is 246. The van der Waals surface area contributed by atoms with E-state index >= 15 is 0 Å². The molecule has 0 aromatic rings. The summed E-state index contributed by atoms with van der Waals surface area (Å²) in [5.41, 5.74) is -0.178. The Morgan fingerprint density at radius 3 is 1.50 bits per heavy atom. The Morgan fingerprint density at radius 1 is 0.938 bits per heavy atom. The summed E-state index contributed by atoms with van der Waals surface area (Å²) < 4.78 is 0. The molecular weight excluding hydrogens is 200 g/mol. The van der Waals surface area contributed by atoms with Gasteiger partial charge in [0, 0.05) is 24.0 Å². The zero-order chi connectivity index (χ0) is 11.8. The molecule has 4 atom stereocenters. The average Bonchev–Trinajstić information content (AvgIpc) is 2.38. The van der Waals surface area contributed by atoms with Crippen LogP contribution < -0.4 is 0 Å². The molecule has 1 saturated carbocycles. The third kappa shape index (κ3) is 1.20. The van der Waals surface area contributed by atoms with Gasteiger partial charge in [0.2, 0.25) is 0 Å². The highest BCUT2D eigenvalue weighted by Crippen LogP contribution is 2.63. The fourth-order valence-electron chi connectivity index (χ4n) is 4.48. The van der Waals surface area contributed by atoms with Crippen LogP contribution in [-0.4, -0.2) is 23.4 Å². The van der Waals surface area contributed by atoms with Crippen molar-refractivity contribution in [1.82, 2.24) is 0 Å². The molecule has 0 aromatic heterocycles. The standard InChI is InChI=1S/C14H24O2/c1-3-13(9-15)11-5-7-12(8-6-11)14(13,4-2)10-16/h5,7,11-12,15-16H,3-4,6,8-10H2,1-2H3. The van der Waals surface area contributed by atoms with E-state index in [0.29, 0.717) is 11.8 Å². The number of allylic oxidation sites excluding steroid dienone is 2. The van der Waals surface area contributed by atoms with Crippen LogP contribution in [0.1, 0.15) is 39.5 Å². The van der Waals surface area contributed by atoms with Crippen molar-refractivity contribution in [3.63, 3.8) is 0 Å². The van der Waals surface area contributed by atoms with Crippen LogP contribution in [-0.2, 0) is 0 Å². The highest BCUT2D eigenvalue weighted by molar-refractivity contribution is 5.20. The Kier molecular flexibility index (Phi) is 3.15. The van der Waals surface area contributed by atoms with E-state index in [1.165, 1.54) is 12.8 Å². The second-order valence-electron chi connectivity index (χ2n) is 5.51. The highest BCUT2D eigenvalue weighted by atomic mass is 16.3. The van der Waals surface area contributed by atoms with E-state index in [1.54, 1.807) is 0 Å². The first-order chi connectivity index (χ1) is 7.70. The molecule has 3 rings (SSSR count). The summed E-state index contributed by atoms with van der Waals surface area (Å²) in [6.45, 7) is 4.74. The summed E-state index contributed by atoms with van der Waals surface area (Å²) in [7, 11) is 0. The van der Waals surface area contributed by atoms with Gasteiger partial charge in [0.05, 0.1) is 0 Å². The molecule has 0 radical (unpaired) electrons. The van der Waals surface area contributed by atoms with Crippen molar-refractivity contribution < 1.29 is 10.2 Å². The van der Waals surface area contributed by atoms with Crippen molar-refractivity contribution in [3.8, 4) is 0 Å². The molecule has 0 amide bonds. The SMILES string of the molecule is CCC1(CO)C2C=CC(CC2)C1(CC)CO. The predicted octanol–water partition coefficient (Wildman–Crippen LogP) is 2.36. The van der Waals surface area contributed by atoms with E-state index in [0.717, 1.165) is 12.8 Å². The van der Waals surface area contributed by atoms with Crippen LogP contribution in [0.15, 0.2) is 12.2 Å². The monoisotopic (exact) mass is 224 g/mol. The van der Waals surface area contributed by atoms with Gasteiger partial charge in [-0.05, 0) is 37.5 Å². The fourth-order valence-corrected chi connectivity index (χ4v) is 4.48. The number of hydrogen-bond donors (Lipinski definition) is 2. The summed E-state index contributed by atoms with van der Waals surface area (Å²) in [6, 6.07) is 0. The summed E-state index contributed by atoms with van der Waals surface area (Å²) >= 11 is 0. The highest BCUT2D eigenvalue weighted by Gasteiger charge is 2.59. The molecule has 0 aliphatic heterocycles. The van der Waals surface area contributed by atoms with Crippen molar-refractivity contribution >= 4 is 0 Å². The molecule has 2 nitrogen and oxygen atoms in total. The second kappa shape index (κ2) is 4.15. The molecule has 4 unspecified atom stereocenters. The first kappa shape index (κ1) is 12.1. The maximum absolute atomic E-state index is 9.92. The Labute approximate surface area is 98.4 Å². The van der Waals surface area contributed by atoms with Gasteiger partial charge in [0.1, 0.15) is 0 Å². The maximum atomic E-state index is 9.92. The van der Waals surface area contributed by atoms with Crippen molar-refractivity contribution in [1.29, 1.82) is 0 Å². The normalized spacial score (nSPS) is 46.2. The lowest BCUT2D eigenvalue weighted by Crippen LogP contribution is -2.59. The fraction of sp³-hybridized carbons (Fsp3) is 0.857. The Morgan fingerprint density at radius 2 is 1.31 bits per heavy atom. The van der Waals surface area contributed by atoms with Gasteiger partial charge in [-0.2, -0.15) is 0 Å². The van der Waals surface area contributed by atoms with Gasteiger partial charge in [0.15, 0.2) is 0 Å². The third-order valence-corrected chi connectivity index (χ3v) is 5.60. The van der Waals surface area contributed by atoms with Crippen LogP contribution >= 0.6 is 0 Å². The molecule has 0 saturated heterocycles. The van der Waals surface area contributed by atoms with Crippen molar-refractivity contribution in [2.24, 2.45) is 22.7 Å². The number of rotatable bonds is 4. The molecule has 0 aromatic carbocycles. The molecule has 92 valence electrons. The maximum Gasteiger partial charge on any atom is 0.0499 e. The molecule has 16 heavy (non-hydrogen) atoms. The van der Waals surface area contributed by atoms with E-state index < -0.39 is 0 Å². The third-order valence-electron chi connectivity index (χ3n) is 5.60. The molecule has 2 N–H and O–H groups in total. The first-order valence-corrected chi connectivity index (χ1v) is 6.60. The van der Waals surface area contributed by atoms with Crippen molar-refractivity contribution in [3.05, 3.63) is 12.2 Å². The van der Waals surface area contributed by atoms with Gasteiger partial charge in [-0.15, -0.1) is 0 Å². The number of fused-ring (bicyclic) bond motifs is 2. The lowest BCUT2D eigenvalue weighted by molar-refractivity contribution is -0.148. The van der Waals surface area contributed by atoms with Crippen LogP contribution in [0.5, 0.6) is 0 Å². The lowest BCUT2D eigenvalue weighted by atomic mass is 9.43. The van der Waals surface area contributed by atoms with Gasteiger partial charge in [-0.1, -0.05) is 26.0 Å². The van der Waals surface area contributed by atoms with Gasteiger partial charge in [0.25, 0.3) is 0 Å². The molecule has 1 fully saturated rings. The molecule has 3 aliphatic carbocycles. The van der Waals surface area contributed by atoms with E-state index in [2.05, 4.69) is 26.0 Å². The topological polar surface area (TPSA) is 40.5 Å². The lowest BCUT2D eigenvalue weighted by Gasteiger charge is -2.61. The number of aliphatic hydroxyl groups excluding tert-OH is 2. The smallest absolute Gasteiger partial charge is 0.0499 e. The summed E-state index contributed by atoms with van der Waals surface area (Å²) in [5.74, 6) is 0.916. The van der Waals surface area contributed by atoms with Crippen LogP contribution in [0.2, 0.25) is 0 Å². The van der Waals surface area contributed by atoms with Gasteiger partial charge in [-0.3, -0.25) is 0 Å². The summed E-state index contributed by atoms with van der Waals surface area (Å²) in [6.07, 6.45) is 8.86. The molecule has 2 heteroatoms. The molecule has 0 heterocycles. The average molecular weight is 224 g/mol. The van der Waals surface area contributed by atoms with Gasteiger partial charge in [-0.25, -0.2) is 0 Å². The van der Waals surface area contributed by atoms with Crippen LogP contribution in [0.4, 0.5) is 0 Å². The number of aliphatic hydroxyl groups is 2. The molecule has 0 spiro atoms.